The third-order valence-corrected chi connectivity index (χ3v) is 5.76. The molecule has 2 aromatic rings. The molecule has 0 spiro atoms. The van der Waals surface area contributed by atoms with Crippen molar-refractivity contribution in [3.63, 3.8) is 0 Å². The number of aryl methyl sites for hydroxylation is 1. The number of nitrogens with zero attached hydrogens (tertiary/aromatic N) is 3. The van der Waals surface area contributed by atoms with Crippen molar-refractivity contribution >= 4 is 18.0 Å². The molecule has 0 N–H and O–H groups in total. The van der Waals surface area contributed by atoms with Gasteiger partial charge in [0.25, 0.3) is 0 Å². The van der Waals surface area contributed by atoms with Crippen molar-refractivity contribution in [3.05, 3.63) is 53.2 Å². The lowest BCUT2D eigenvalue weighted by atomic mass is 10.0. The predicted octanol–water partition coefficient (Wildman–Crippen LogP) is 4.06. The molecule has 1 fully saturated rings. The summed E-state index contributed by atoms with van der Waals surface area (Å²) >= 11 is 0. The van der Waals surface area contributed by atoms with E-state index < -0.39 is 12.4 Å². The van der Waals surface area contributed by atoms with Crippen LogP contribution in [-0.4, -0.2) is 56.0 Å². The summed E-state index contributed by atoms with van der Waals surface area (Å²) in [4.78, 5) is 33.4. The van der Waals surface area contributed by atoms with E-state index in [2.05, 4.69) is 0 Å². The minimum atomic E-state index is -0.748. The number of hydrogen-bond donors (Lipinski definition) is 0. The fraction of sp³-hybridized carbons (Fsp3) is 0.458. The van der Waals surface area contributed by atoms with Gasteiger partial charge in [-0.25, -0.2) is 14.6 Å². The number of pyridine rings is 1. The Morgan fingerprint density at radius 3 is 2.67 bits per heavy atom. The summed E-state index contributed by atoms with van der Waals surface area (Å²) in [6.07, 6.45) is 1.68. The Morgan fingerprint density at radius 2 is 1.91 bits per heavy atom. The van der Waals surface area contributed by atoms with Crippen LogP contribution < -0.4 is 9.64 Å². The molecule has 0 atom stereocenters. The van der Waals surface area contributed by atoms with Crippen molar-refractivity contribution in [2.24, 2.45) is 0 Å². The Morgan fingerprint density at radius 1 is 1.12 bits per heavy atom. The fourth-order valence-corrected chi connectivity index (χ4v) is 4.13. The molecule has 9 heteroatoms. The topological polar surface area (TPSA) is 90.4 Å². The first-order valence-electron chi connectivity index (χ1n) is 11.1. The van der Waals surface area contributed by atoms with Crippen molar-refractivity contribution in [1.29, 1.82) is 0 Å². The quantitative estimate of drug-likeness (QED) is 0.607. The smallest absolute Gasteiger partial charge is 0.420 e. The molecule has 1 aromatic carbocycles. The number of aromatic nitrogens is 1. The highest BCUT2D eigenvalue weighted by atomic mass is 16.7. The van der Waals surface area contributed by atoms with E-state index in [-0.39, 0.29) is 6.09 Å². The molecule has 176 valence electrons. The Balaban J connectivity index is 1.67. The van der Waals surface area contributed by atoms with E-state index in [4.69, 9.17) is 23.9 Å². The van der Waals surface area contributed by atoms with Crippen LogP contribution in [0.4, 0.5) is 15.4 Å². The minimum Gasteiger partial charge on any atom is -0.449 e. The van der Waals surface area contributed by atoms with E-state index in [0.717, 1.165) is 36.8 Å². The first-order valence-corrected chi connectivity index (χ1v) is 11.1. The van der Waals surface area contributed by atoms with Gasteiger partial charge in [-0.2, -0.15) is 0 Å². The predicted molar refractivity (Wildman–Crippen MR) is 120 cm³/mol. The van der Waals surface area contributed by atoms with Gasteiger partial charge in [-0.3, -0.25) is 4.90 Å². The van der Waals surface area contributed by atoms with Gasteiger partial charge in [0.1, 0.15) is 17.3 Å². The van der Waals surface area contributed by atoms with Gasteiger partial charge in [0, 0.05) is 27.3 Å². The second kappa shape index (κ2) is 10.6. The van der Waals surface area contributed by atoms with E-state index in [1.807, 2.05) is 24.3 Å². The summed E-state index contributed by atoms with van der Waals surface area (Å²) in [6, 6.07) is 10.9. The molecular formula is C24H29N3O6. The lowest BCUT2D eigenvalue weighted by Gasteiger charge is -2.30. The summed E-state index contributed by atoms with van der Waals surface area (Å²) in [5.41, 5.74) is 2.24. The zero-order chi connectivity index (χ0) is 23.2. The molecule has 1 aromatic heterocycles. The first-order chi connectivity index (χ1) is 16.1. The number of carbonyl (C=O) groups excluding carboxylic acids is 2. The molecule has 2 amide bonds. The Kier molecular flexibility index (Phi) is 7.41. The third kappa shape index (κ3) is 5.26. The number of anilines is 1. The number of fused-ring (bicyclic) bond motifs is 1. The molecule has 2 aliphatic heterocycles. The lowest BCUT2D eigenvalue weighted by Crippen LogP contribution is -2.39. The van der Waals surface area contributed by atoms with Crippen LogP contribution in [-0.2, 0) is 27.2 Å². The standard InChI is InChI=1S/C24H29N3O6/c1-30-22(31-2)20-18(16-26-12-6-7-14-32-23(26)28)15-17-9-8-13-27(21(17)25-20)24(29)33-19-10-4-3-5-11-19/h3-5,10-11,15,22H,6-9,12-14,16H2,1-2H3. The zero-order valence-electron chi connectivity index (χ0n) is 19.0. The van der Waals surface area contributed by atoms with Crippen LogP contribution in [0, 0.1) is 0 Å². The van der Waals surface area contributed by atoms with E-state index in [0.29, 0.717) is 43.5 Å². The number of amides is 2. The second-order valence-corrected chi connectivity index (χ2v) is 8.00. The van der Waals surface area contributed by atoms with Gasteiger partial charge in [-0.1, -0.05) is 18.2 Å². The van der Waals surface area contributed by atoms with Crippen LogP contribution in [0.3, 0.4) is 0 Å². The number of ether oxygens (including phenoxy) is 4. The van der Waals surface area contributed by atoms with Crippen molar-refractivity contribution in [2.45, 2.75) is 38.5 Å². The SMILES string of the molecule is COC(OC)c1nc2c(cc1CN1CCCCOC1=O)CCCN2C(=O)Oc1ccccc1. The summed E-state index contributed by atoms with van der Waals surface area (Å²) < 4.78 is 21.8. The van der Waals surface area contributed by atoms with Gasteiger partial charge >= 0.3 is 12.2 Å². The number of cyclic esters (lactones) is 1. The molecule has 2 aliphatic rings. The van der Waals surface area contributed by atoms with Crippen molar-refractivity contribution in [1.82, 2.24) is 9.88 Å². The average molecular weight is 456 g/mol. The monoisotopic (exact) mass is 455 g/mol. The number of hydrogen-bond acceptors (Lipinski definition) is 7. The van der Waals surface area contributed by atoms with E-state index in [9.17, 15) is 9.59 Å². The maximum atomic E-state index is 13.0. The molecule has 4 rings (SSSR count). The molecular weight excluding hydrogens is 426 g/mol. The van der Waals surface area contributed by atoms with Crippen molar-refractivity contribution in [2.75, 3.05) is 38.8 Å². The summed E-state index contributed by atoms with van der Waals surface area (Å²) in [7, 11) is 3.06. The van der Waals surface area contributed by atoms with Crippen molar-refractivity contribution < 1.29 is 28.5 Å². The van der Waals surface area contributed by atoms with Crippen molar-refractivity contribution in [3.8, 4) is 5.75 Å². The largest absolute Gasteiger partial charge is 0.449 e. The summed E-state index contributed by atoms with van der Waals surface area (Å²) in [5.74, 6) is 0.997. The van der Waals surface area contributed by atoms with Crippen LogP contribution >= 0.6 is 0 Å². The Labute approximate surface area is 193 Å². The third-order valence-electron chi connectivity index (χ3n) is 5.76. The number of rotatable bonds is 6. The van der Waals surface area contributed by atoms with Crippen LogP contribution in [0.1, 0.15) is 42.4 Å². The fourth-order valence-electron chi connectivity index (χ4n) is 4.13. The number of para-hydroxylation sites is 1. The maximum absolute atomic E-state index is 13.0. The summed E-state index contributed by atoms with van der Waals surface area (Å²) in [6.45, 7) is 1.86. The molecule has 9 nitrogen and oxygen atoms in total. The van der Waals surface area contributed by atoms with Gasteiger partial charge < -0.3 is 23.8 Å². The number of carbonyl (C=O) groups is 2. The van der Waals surface area contributed by atoms with E-state index >= 15 is 0 Å². The molecule has 1 saturated heterocycles. The number of benzene rings is 1. The average Bonchev–Trinajstić information content (AvgIpc) is 3.04. The Hall–Kier alpha value is -3.17. The molecule has 0 bridgehead atoms. The Bertz CT molecular complexity index is 980. The van der Waals surface area contributed by atoms with Crippen LogP contribution in [0.25, 0.3) is 0 Å². The molecule has 3 heterocycles. The van der Waals surface area contributed by atoms with Crippen LogP contribution in [0.15, 0.2) is 36.4 Å². The van der Waals surface area contributed by atoms with E-state index in [1.54, 1.807) is 21.9 Å². The van der Waals surface area contributed by atoms with Crippen LogP contribution in [0.2, 0.25) is 0 Å². The maximum Gasteiger partial charge on any atom is 0.420 e. The lowest BCUT2D eigenvalue weighted by molar-refractivity contribution is -0.109. The zero-order valence-corrected chi connectivity index (χ0v) is 19.0. The van der Waals surface area contributed by atoms with Gasteiger partial charge in [-0.15, -0.1) is 0 Å². The molecule has 33 heavy (non-hydrogen) atoms. The van der Waals surface area contributed by atoms with E-state index in [1.165, 1.54) is 14.2 Å². The van der Waals surface area contributed by atoms with Gasteiger partial charge in [0.2, 0.25) is 6.29 Å². The first kappa shape index (κ1) is 23.0. The molecule has 0 aliphatic carbocycles. The van der Waals surface area contributed by atoms with Gasteiger partial charge in [0.05, 0.1) is 13.2 Å². The highest BCUT2D eigenvalue weighted by molar-refractivity contribution is 5.89. The van der Waals surface area contributed by atoms with Gasteiger partial charge in [-0.05, 0) is 55.0 Å². The minimum absolute atomic E-state index is 0.326. The molecule has 0 saturated carbocycles. The molecule has 0 unspecified atom stereocenters. The highest BCUT2D eigenvalue weighted by Gasteiger charge is 2.30. The second-order valence-electron chi connectivity index (χ2n) is 8.00. The van der Waals surface area contributed by atoms with Crippen LogP contribution in [0.5, 0.6) is 5.75 Å². The summed E-state index contributed by atoms with van der Waals surface area (Å²) in [5, 5.41) is 0. The molecule has 0 radical (unpaired) electrons. The normalized spacial score (nSPS) is 16.3. The van der Waals surface area contributed by atoms with Gasteiger partial charge in [0.15, 0.2) is 0 Å². The number of methoxy groups -OCH3 is 2. The highest BCUT2D eigenvalue weighted by Crippen LogP contribution is 2.32.